The summed E-state index contributed by atoms with van der Waals surface area (Å²) < 4.78 is 6.41. The molecule has 0 radical (unpaired) electrons. The summed E-state index contributed by atoms with van der Waals surface area (Å²) in [5.74, 6) is -0.909. The molecule has 3 nitrogen and oxygen atoms in total. The minimum Gasteiger partial charge on any atom is -0.480 e. The van der Waals surface area contributed by atoms with Gasteiger partial charge in [-0.05, 0) is 0 Å². The Morgan fingerprint density at radius 2 is 2.86 bits per heavy atom. The molecule has 0 fully saturated rings. The maximum atomic E-state index is 9.93. The molecule has 0 aromatic heterocycles. The van der Waals surface area contributed by atoms with Gasteiger partial charge < -0.3 is 10.8 Å². The van der Waals surface area contributed by atoms with Gasteiger partial charge in [-0.1, -0.05) is 0 Å². The summed E-state index contributed by atoms with van der Waals surface area (Å²) in [7, 11) is 0. The predicted octanol–water partition coefficient (Wildman–Crippen LogP) is -0.672. The van der Waals surface area contributed by atoms with Gasteiger partial charge in [0.05, 0.1) is 0 Å². The first-order valence-corrected chi connectivity index (χ1v) is 2.36. The highest BCUT2D eigenvalue weighted by Gasteiger charge is 2.06. The second kappa shape index (κ2) is 2.87. The average molecular weight is 122 g/mol. The lowest BCUT2D eigenvalue weighted by Crippen LogP contribution is -2.31. The molecule has 7 heavy (non-hydrogen) atoms. The molecule has 0 aliphatic heterocycles. The third kappa shape index (κ3) is 2.47. The van der Waals surface area contributed by atoms with Crippen molar-refractivity contribution in [1.82, 2.24) is 0 Å². The Morgan fingerprint density at radius 3 is 2.86 bits per heavy atom. The van der Waals surface area contributed by atoms with Crippen molar-refractivity contribution in [2.75, 3.05) is 5.75 Å². The van der Waals surface area contributed by atoms with E-state index in [0.717, 1.165) is 0 Å². The van der Waals surface area contributed by atoms with Gasteiger partial charge in [0, 0.05) is 5.75 Å². The molecule has 0 heterocycles. The molecule has 0 aromatic rings. The summed E-state index contributed by atoms with van der Waals surface area (Å²) in [6.07, 6.45) is 0. The summed E-state index contributed by atoms with van der Waals surface area (Å²) in [6, 6.07) is -0.849. The van der Waals surface area contributed by atoms with Crippen molar-refractivity contribution in [3.8, 4) is 0 Å². The molecule has 0 rings (SSSR count). The molecule has 0 aliphatic rings. The highest BCUT2D eigenvalue weighted by atomic mass is 32.1. The van der Waals surface area contributed by atoms with Crippen molar-refractivity contribution in [2.24, 2.45) is 5.73 Å². The van der Waals surface area contributed by atoms with E-state index in [1.165, 1.54) is 0 Å². The number of hydrogen-bond donors (Lipinski definition) is 3. The maximum Gasteiger partial charge on any atom is 0.321 e. The highest BCUT2D eigenvalue weighted by Crippen LogP contribution is 1.80. The first-order valence-electron chi connectivity index (χ1n) is 2.23. The van der Waals surface area contributed by atoms with Crippen molar-refractivity contribution in [2.45, 2.75) is 6.04 Å². The van der Waals surface area contributed by atoms with Crippen LogP contribution in [0.2, 0.25) is 1.41 Å². The first kappa shape index (κ1) is 4.93. The van der Waals surface area contributed by atoms with Crippen LogP contribution in [0, 0.1) is 0 Å². The van der Waals surface area contributed by atoms with E-state index in [0.29, 0.717) is 0 Å². The molecule has 1 unspecified atom stereocenters. The van der Waals surface area contributed by atoms with Gasteiger partial charge >= 0.3 is 5.97 Å². The van der Waals surface area contributed by atoms with Crippen molar-refractivity contribution in [1.29, 1.82) is 0 Å². The maximum absolute atomic E-state index is 9.93. The van der Waals surface area contributed by atoms with E-state index in [1.54, 1.807) is 0 Å². The first-order chi connectivity index (χ1) is 3.72. The Labute approximate surface area is 48.4 Å². The molecule has 42 valence electrons. The Hall–Kier alpha value is -0.220. The number of rotatable bonds is 3. The van der Waals surface area contributed by atoms with Gasteiger partial charge in [-0.3, -0.25) is 4.79 Å². The fourth-order valence-corrected chi connectivity index (χ4v) is 0.234. The fourth-order valence-electron chi connectivity index (χ4n) is 0.0781. The quantitative estimate of drug-likeness (QED) is 0.435. The Kier molecular flexibility index (Phi) is 2.02. The lowest BCUT2D eigenvalue weighted by molar-refractivity contribution is -0.137. The van der Waals surface area contributed by atoms with Gasteiger partial charge in [0.1, 0.15) is 7.45 Å². The number of carbonyl (C=O) groups is 1. The minimum absolute atomic E-state index is 0.138. The fraction of sp³-hybridized carbons (Fsp3) is 0.667. The molecule has 0 saturated heterocycles. The largest absolute Gasteiger partial charge is 0.480 e. The zero-order chi connectivity index (χ0) is 6.57. The van der Waals surface area contributed by atoms with E-state index < -0.39 is 12.0 Å². The highest BCUT2D eigenvalue weighted by molar-refractivity contribution is 7.80. The number of carboxylic acids is 1. The molecular weight excluding hydrogens is 114 g/mol. The van der Waals surface area contributed by atoms with Crippen LogP contribution in [0.15, 0.2) is 0 Å². The van der Waals surface area contributed by atoms with E-state index in [1.807, 2.05) is 5.73 Å². The summed E-state index contributed by atoms with van der Waals surface area (Å²) in [5.41, 5.74) is 1.83. The topological polar surface area (TPSA) is 63.3 Å². The van der Waals surface area contributed by atoms with Gasteiger partial charge in [-0.25, -0.2) is 0 Å². The van der Waals surface area contributed by atoms with Gasteiger partial charge in [-0.15, -0.1) is 0 Å². The van der Waals surface area contributed by atoms with Crippen LogP contribution in [0.4, 0.5) is 0 Å². The van der Waals surface area contributed by atoms with Crippen LogP contribution in [0.25, 0.3) is 0 Å². The number of aliphatic carboxylic acids is 1. The number of carboxylic acid groups (broad SMARTS) is 1. The molecule has 4 heteroatoms. The van der Waals surface area contributed by atoms with E-state index in [4.69, 9.17) is 6.52 Å². The molecule has 0 bridgehead atoms. The molecule has 0 aliphatic carbocycles. The van der Waals surface area contributed by atoms with Crippen LogP contribution in [0.3, 0.4) is 0 Å². The zero-order valence-electron chi connectivity index (χ0n) is 4.59. The van der Waals surface area contributed by atoms with Gasteiger partial charge in [0.15, 0.2) is 0 Å². The number of hydrogen-bond acceptors (Lipinski definition) is 3. The summed E-state index contributed by atoms with van der Waals surface area (Å²) in [4.78, 5) is 9.93. The zero-order valence-corrected chi connectivity index (χ0v) is 4.48. The SMILES string of the molecule is [2H]NC(CS)C(=O)O. The van der Waals surface area contributed by atoms with E-state index in [2.05, 4.69) is 12.6 Å². The van der Waals surface area contributed by atoms with Crippen LogP contribution in [0.1, 0.15) is 0 Å². The Balaban J connectivity index is 3.52. The molecule has 1 atom stereocenters. The molecule has 0 spiro atoms. The third-order valence-electron chi connectivity index (χ3n) is 0.481. The third-order valence-corrected chi connectivity index (χ3v) is 0.846. The Morgan fingerprint density at radius 1 is 2.29 bits per heavy atom. The van der Waals surface area contributed by atoms with Gasteiger partial charge in [0.25, 0.3) is 0 Å². The predicted molar refractivity (Wildman–Crippen MR) is 29.5 cm³/mol. The minimum atomic E-state index is -1.05. The molecule has 0 saturated carbocycles. The van der Waals surface area contributed by atoms with Crippen LogP contribution in [-0.2, 0) is 4.79 Å². The molecule has 0 aromatic carbocycles. The normalized spacial score (nSPS) is 15.3. The lowest BCUT2D eigenvalue weighted by atomic mass is 10.4. The van der Waals surface area contributed by atoms with Crippen molar-refractivity contribution < 1.29 is 11.3 Å². The molecule has 3 N–H and O–H groups in total. The monoisotopic (exact) mass is 122 g/mol. The van der Waals surface area contributed by atoms with Crippen LogP contribution >= 0.6 is 12.6 Å². The van der Waals surface area contributed by atoms with Crippen LogP contribution in [-0.4, -0.2) is 22.9 Å². The second-order valence-corrected chi connectivity index (χ2v) is 1.44. The van der Waals surface area contributed by atoms with Crippen molar-refractivity contribution in [3.05, 3.63) is 0 Å². The summed E-state index contributed by atoms with van der Waals surface area (Å²) in [5, 5.41) is 8.14. The lowest BCUT2D eigenvalue weighted by Gasteiger charge is -1.96. The van der Waals surface area contributed by atoms with Gasteiger partial charge in [0.2, 0.25) is 0 Å². The van der Waals surface area contributed by atoms with E-state index in [9.17, 15) is 4.79 Å². The summed E-state index contributed by atoms with van der Waals surface area (Å²) >= 11 is 3.67. The van der Waals surface area contributed by atoms with Crippen molar-refractivity contribution in [3.63, 3.8) is 0 Å². The van der Waals surface area contributed by atoms with E-state index >= 15 is 0 Å². The Bertz CT molecular complexity index is 85.4. The summed E-state index contributed by atoms with van der Waals surface area (Å²) in [6.45, 7) is 0. The van der Waals surface area contributed by atoms with Crippen LogP contribution in [0.5, 0.6) is 0 Å². The smallest absolute Gasteiger partial charge is 0.321 e. The molecule has 0 amide bonds. The second-order valence-electron chi connectivity index (χ2n) is 1.07. The average Bonchev–Trinajstić information content (AvgIpc) is 1.69. The number of nitrogens with two attached hydrogens (primary N) is 1. The van der Waals surface area contributed by atoms with Crippen molar-refractivity contribution >= 4 is 18.6 Å². The van der Waals surface area contributed by atoms with Crippen LogP contribution < -0.4 is 5.73 Å². The molecular formula is C3H7NO2S. The standard InChI is InChI=1S/C3H7NO2S/c4-2(1-7)3(5)6/h2,7H,1,4H2,(H,5,6)/i/hD. The van der Waals surface area contributed by atoms with E-state index in [-0.39, 0.29) is 5.75 Å². The number of thiol groups is 1. The van der Waals surface area contributed by atoms with Gasteiger partial charge in [-0.2, -0.15) is 12.6 Å².